The maximum absolute atomic E-state index is 13.1. The lowest BCUT2D eigenvalue weighted by molar-refractivity contribution is -0.147. The molecule has 2 aromatic rings. The number of hydrogen-bond donors (Lipinski definition) is 5. The second kappa shape index (κ2) is 16.1. The van der Waals surface area contributed by atoms with E-state index in [1.165, 1.54) is 16.8 Å². The average Bonchev–Trinajstić information content (AvgIpc) is 3.50. The van der Waals surface area contributed by atoms with E-state index in [0.717, 1.165) is 53.8 Å². The van der Waals surface area contributed by atoms with Crippen molar-refractivity contribution in [2.24, 2.45) is 0 Å². The zero-order valence-corrected chi connectivity index (χ0v) is 28.6. The molecule has 0 aromatic heterocycles. The fourth-order valence-electron chi connectivity index (χ4n) is 5.48. The highest BCUT2D eigenvalue weighted by Crippen LogP contribution is 2.42. The van der Waals surface area contributed by atoms with Crippen LogP contribution in [0.5, 0.6) is 0 Å². The number of aryl methyl sites for hydroxylation is 1. The minimum absolute atomic E-state index is 0.0167. The molecule has 5 N–H and O–H groups in total. The molecule has 11 nitrogen and oxygen atoms in total. The minimum atomic E-state index is -3.86. The first-order valence-electron chi connectivity index (χ1n) is 15.3. The molecule has 0 radical (unpaired) electrons. The number of aliphatic carboxylic acids is 1. The Hall–Kier alpha value is -2.12. The first kappa shape index (κ1) is 35.7. The van der Waals surface area contributed by atoms with Gasteiger partial charge in [-0.25, -0.2) is 22.7 Å². The van der Waals surface area contributed by atoms with E-state index in [1.54, 1.807) is 12.1 Å². The van der Waals surface area contributed by atoms with Crippen LogP contribution in [0.2, 0.25) is 5.02 Å². The van der Waals surface area contributed by atoms with Gasteiger partial charge in [0.15, 0.2) is 0 Å². The van der Waals surface area contributed by atoms with Crippen LogP contribution < -0.4 is 14.8 Å². The van der Waals surface area contributed by atoms with Gasteiger partial charge in [-0.1, -0.05) is 62.1 Å². The number of carboxylic acids is 1. The monoisotopic (exact) mass is 700 g/mol. The fourth-order valence-corrected chi connectivity index (χ4v) is 9.45. The molecule has 0 saturated carbocycles. The summed E-state index contributed by atoms with van der Waals surface area (Å²) in [5.41, 5.74) is 2.67. The van der Waals surface area contributed by atoms with Crippen LogP contribution in [0.4, 0.5) is 5.69 Å². The van der Waals surface area contributed by atoms with Crippen LogP contribution in [0.15, 0.2) is 46.2 Å². The number of carbonyl (C=O) groups excluding carboxylic acids is 1. The number of carbonyl (C=O) groups is 2. The molecule has 2 heterocycles. The average molecular weight is 701 g/mol. The molecule has 2 unspecified atom stereocenters. The lowest BCUT2D eigenvalue weighted by Crippen LogP contribution is -2.41. The van der Waals surface area contributed by atoms with Gasteiger partial charge in [0.1, 0.15) is 17.1 Å². The minimum Gasteiger partial charge on any atom is -0.480 e. The van der Waals surface area contributed by atoms with Crippen molar-refractivity contribution in [3.8, 4) is 0 Å². The molecule has 2 aliphatic heterocycles. The lowest BCUT2D eigenvalue weighted by atomic mass is 10.1. The second-order valence-electron chi connectivity index (χ2n) is 11.6. The molecule has 1 amide bonds. The van der Waals surface area contributed by atoms with Crippen molar-refractivity contribution in [1.29, 1.82) is 0 Å². The quantitative estimate of drug-likeness (QED) is 0.0868. The third-order valence-electron chi connectivity index (χ3n) is 8.01. The second-order valence-corrected chi connectivity index (χ2v) is 17.1. The SMILES string of the molecule is CCCCC1NSc2cc(S(=O)(=O)NCc3ccc(CCCCCP(=O)(O)CC(=O)N4CCC[C@H]4C(=O)O)cc3)c(Cl)cc2N1. The van der Waals surface area contributed by atoms with Crippen molar-refractivity contribution in [3.63, 3.8) is 0 Å². The number of sulfonamides is 1. The van der Waals surface area contributed by atoms with Gasteiger partial charge in [-0.2, -0.15) is 0 Å². The molecule has 15 heteroatoms. The maximum Gasteiger partial charge on any atom is 0.326 e. The zero-order chi connectivity index (χ0) is 32.6. The number of likely N-dealkylation sites (tertiary alicyclic amines) is 1. The van der Waals surface area contributed by atoms with E-state index in [1.807, 2.05) is 24.3 Å². The van der Waals surface area contributed by atoms with Gasteiger partial charge in [-0.15, -0.1) is 0 Å². The smallest absolute Gasteiger partial charge is 0.326 e. The molecule has 248 valence electrons. The number of rotatable bonds is 16. The first-order valence-corrected chi connectivity index (χ1v) is 20.0. The van der Waals surface area contributed by atoms with Gasteiger partial charge >= 0.3 is 5.97 Å². The van der Waals surface area contributed by atoms with E-state index in [9.17, 15) is 32.6 Å². The molecule has 4 rings (SSSR count). The summed E-state index contributed by atoms with van der Waals surface area (Å²) in [6.45, 7) is 2.54. The highest BCUT2D eigenvalue weighted by molar-refractivity contribution is 7.97. The Balaban J connectivity index is 1.19. The number of benzene rings is 2. The predicted octanol–water partition coefficient (Wildman–Crippen LogP) is 5.42. The largest absolute Gasteiger partial charge is 0.480 e. The van der Waals surface area contributed by atoms with Crippen LogP contribution in [-0.2, 0) is 37.1 Å². The summed E-state index contributed by atoms with van der Waals surface area (Å²) >= 11 is 7.80. The number of amides is 1. The van der Waals surface area contributed by atoms with Crippen molar-refractivity contribution in [1.82, 2.24) is 14.3 Å². The normalized spacial score (nSPS) is 19.5. The molecule has 0 spiro atoms. The number of anilines is 1. The highest BCUT2D eigenvalue weighted by atomic mass is 35.5. The van der Waals surface area contributed by atoms with Gasteiger partial charge < -0.3 is 20.2 Å². The number of nitrogens with zero attached hydrogens (tertiary/aromatic N) is 1. The fraction of sp³-hybridized carbons (Fsp3) is 0.533. The van der Waals surface area contributed by atoms with Crippen molar-refractivity contribution in [2.75, 3.05) is 24.2 Å². The van der Waals surface area contributed by atoms with Gasteiger partial charge in [-0.05, 0) is 73.7 Å². The molecular formula is C30H42ClN4O7PS2. The summed E-state index contributed by atoms with van der Waals surface area (Å²) in [5.74, 6) is -1.65. The molecule has 0 aliphatic carbocycles. The van der Waals surface area contributed by atoms with Crippen molar-refractivity contribution in [3.05, 3.63) is 52.5 Å². The highest BCUT2D eigenvalue weighted by Gasteiger charge is 2.36. The van der Waals surface area contributed by atoms with E-state index in [-0.39, 0.29) is 28.8 Å². The van der Waals surface area contributed by atoms with E-state index >= 15 is 0 Å². The molecule has 2 aliphatic rings. The van der Waals surface area contributed by atoms with Crippen molar-refractivity contribution in [2.45, 2.75) is 93.3 Å². The van der Waals surface area contributed by atoms with Crippen molar-refractivity contribution < 1.29 is 32.6 Å². The van der Waals surface area contributed by atoms with Crippen LogP contribution in [-0.4, -0.2) is 66.3 Å². The van der Waals surface area contributed by atoms with Gasteiger partial charge in [-0.3, -0.25) is 9.36 Å². The Morgan fingerprint density at radius 1 is 1.13 bits per heavy atom. The first-order chi connectivity index (χ1) is 21.4. The molecule has 2 aromatic carbocycles. The van der Waals surface area contributed by atoms with E-state index in [2.05, 4.69) is 21.7 Å². The van der Waals surface area contributed by atoms with Crippen LogP contribution in [0.3, 0.4) is 0 Å². The van der Waals surface area contributed by atoms with Gasteiger partial charge in [0, 0.05) is 24.1 Å². The third-order valence-corrected chi connectivity index (χ3v) is 12.6. The van der Waals surface area contributed by atoms with E-state index < -0.39 is 41.5 Å². The maximum atomic E-state index is 13.1. The number of hydrogen-bond acceptors (Lipinski definition) is 8. The Labute approximate surface area is 274 Å². The zero-order valence-electron chi connectivity index (χ0n) is 25.3. The number of nitrogens with one attached hydrogen (secondary N) is 3. The summed E-state index contributed by atoms with van der Waals surface area (Å²) in [5, 5.41) is 12.8. The molecule has 1 fully saturated rings. The molecule has 0 bridgehead atoms. The topological polar surface area (TPSA) is 165 Å². The Bertz CT molecular complexity index is 1510. The number of unbranched alkanes of at least 4 members (excludes halogenated alkanes) is 3. The number of fused-ring (bicyclic) bond motifs is 1. The van der Waals surface area contributed by atoms with Crippen LogP contribution in [0.25, 0.3) is 0 Å². The Kier molecular flexibility index (Phi) is 12.8. The van der Waals surface area contributed by atoms with Gasteiger partial charge in [0.25, 0.3) is 0 Å². The summed E-state index contributed by atoms with van der Waals surface area (Å²) in [6.07, 6.45) is 6.37. The van der Waals surface area contributed by atoms with Gasteiger partial charge in [0.2, 0.25) is 23.3 Å². The Morgan fingerprint density at radius 2 is 1.87 bits per heavy atom. The number of carboxylic acid groups (broad SMARTS) is 1. The summed E-state index contributed by atoms with van der Waals surface area (Å²) in [4.78, 5) is 36.0. The standard InChI is InChI=1S/C30H42ClN4O7PS2/c1-2-3-10-28-33-24-17-23(31)27(18-26(24)44-34-28)45(41,42)32-19-22-13-11-21(12-14-22)8-5-4-6-16-43(39,40)20-29(36)35-15-7-9-25(35)30(37)38/h11-14,17-18,25,28,32-34H,2-10,15-16,19-20H2,1H3,(H,37,38)(H,39,40)/t25-,28?/m0/s1. The van der Waals surface area contributed by atoms with E-state index in [4.69, 9.17) is 11.6 Å². The van der Waals surface area contributed by atoms with Crippen LogP contribution >= 0.6 is 30.9 Å². The lowest BCUT2D eigenvalue weighted by Gasteiger charge is -2.28. The summed E-state index contributed by atoms with van der Waals surface area (Å²) < 4.78 is 44.7. The van der Waals surface area contributed by atoms with Gasteiger partial charge in [0.05, 0.1) is 16.9 Å². The van der Waals surface area contributed by atoms with Crippen LogP contribution in [0, 0.1) is 0 Å². The van der Waals surface area contributed by atoms with E-state index in [0.29, 0.717) is 32.2 Å². The van der Waals surface area contributed by atoms with Crippen molar-refractivity contribution >= 4 is 58.5 Å². The molecule has 3 atom stereocenters. The molecule has 45 heavy (non-hydrogen) atoms. The molecular weight excluding hydrogens is 659 g/mol. The predicted molar refractivity (Wildman–Crippen MR) is 177 cm³/mol. The Morgan fingerprint density at radius 3 is 2.58 bits per heavy atom. The third kappa shape index (κ3) is 10.2. The summed E-state index contributed by atoms with van der Waals surface area (Å²) in [7, 11) is -7.55. The van der Waals surface area contributed by atoms with Crippen LogP contribution in [0.1, 0.15) is 69.4 Å². The molecule has 1 saturated heterocycles. The number of halogens is 1. The summed E-state index contributed by atoms with van der Waals surface area (Å²) in [6, 6.07) is 9.93.